The van der Waals surface area contributed by atoms with Crippen LogP contribution < -0.4 is 0 Å². The minimum atomic E-state index is -0.0984. The Morgan fingerprint density at radius 1 is 1.67 bits per heavy atom. The van der Waals surface area contributed by atoms with Crippen LogP contribution in [0.25, 0.3) is 0 Å². The average Bonchev–Trinajstić information content (AvgIpc) is 2.53. The lowest BCUT2D eigenvalue weighted by molar-refractivity contribution is -0.143. The van der Waals surface area contributed by atoms with Crippen LogP contribution >= 0.6 is 0 Å². The van der Waals surface area contributed by atoms with E-state index in [0.29, 0.717) is 13.0 Å². The molecule has 66 valence electrons. The van der Waals surface area contributed by atoms with Crippen LogP contribution in [0, 0.1) is 0 Å². The number of hydrogen-bond acceptors (Lipinski definition) is 2. The Hall–Kier alpha value is -1.05. The predicted molar refractivity (Wildman–Crippen MR) is 47.7 cm³/mol. The van der Waals surface area contributed by atoms with Gasteiger partial charge in [-0.3, -0.25) is 4.79 Å². The SMILES string of the molecule is CCOC(=O)CCC1=CCC=C1. The first-order valence-corrected chi connectivity index (χ1v) is 4.34. The van der Waals surface area contributed by atoms with Gasteiger partial charge >= 0.3 is 5.97 Å². The van der Waals surface area contributed by atoms with Crippen molar-refractivity contribution in [3.8, 4) is 0 Å². The van der Waals surface area contributed by atoms with Crippen LogP contribution in [0.2, 0.25) is 0 Å². The van der Waals surface area contributed by atoms with Crippen molar-refractivity contribution in [2.45, 2.75) is 26.2 Å². The van der Waals surface area contributed by atoms with E-state index in [1.54, 1.807) is 0 Å². The van der Waals surface area contributed by atoms with E-state index < -0.39 is 0 Å². The van der Waals surface area contributed by atoms with Crippen LogP contribution in [0.4, 0.5) is 0 Å². The number of carbonyl (C=O) groups is 1. The Morgan fingerprint density at radius 2 is 2.50 bits per heavy atom. The van der Waals surface area contributed by atoms with E-state index in [1.165, 1.54) is 5.57 Å². The summed E-state index contributed by atoms with van der Waals surface area (Å²) in [6.45, 7) is 2.31. The summed E-state index contributed by atoms with van der Waals surface area (Å²) in [7, 11) is 0. The molecule has 0 N–H and O–H groups in total. The van der Waals surface area contributed by atoms with E-state index in [-0.39, 0.29) is 5.97 Å². The molecule has 2 heteroatoms. The number of esters is 1. The Kier molecular flexibility index (Phi) is 3.58. The molecule has 0 atom stereocenters. The highest BCUT2D eigenvalue weighted by atomic mass is 16.5. The molecule has 0 bridgehead atoms. The van der Waals surface area contributed by atoms with Crippen molar-refractivity contribution < 1.29 is 9.53 Å². The van der Waals surface area contributed by atoms with Crippen LogP contribution in [0.1, 0.15) is 26.2 Å². The smallest absolute Gasteiger partial charge is 0.306 e. The molecule has 0 fully saturated rings. The molecule has 0 aromatic rings. The molecule has 2 nitrogen and oxygen atoms in total. The van der Waals surface area contributed by atoms with E-state index in [0.717, 1.165) is 12.8 Å². The Morgan fingerprint density at radius 3 is 3.08 bits per heavy atom. The highest BCUT2D eigenvalue weighted by Gasteiger charge is 2.03. The maximum atomic E-state index is 10.9. The van der Waals surface area contributed by atoms with Gasteiger partial charge in [-0.2, -0.15) is 0 Å². The summed E-state index contributed by atoms with van der Waals surface area (Å²) in [5.74, 6) is -0.0984. The van der Waals surface area contributed by atoms with Gasteiger partial charge in [0.15, 0.2) is 0 Å². The van der Waals surface area contributed by atoms with Gasteiger partial charge in [-0.05, 0) is 19.8 Å². The normalized spacial score (nSPS) is 14.6. The summed E-state index contributed by atoms with van der Waals surface area (Å²) >= 11 is 0. The molecule has 0 saturated heterocycles. The number of allylic oxidation sites excluding steroid dienone is 4. The summed E-state index contributed by atoms with van der Waals surface area (Å²) in [4.78, 5) is 10.9. The quantitative estimate of drug-likeness (QED) is 0.598. The summed E-state index contributed by atoms with van der Waals surface area (Å²) < 4.78 is 4.81. The van der Waals surface area contributed by atoms with Gasteiger partial charge in [-0.15, -0.1) is 0 Å². The first-order valence-electron chi connectivity index (χ1n) is 4.34. The second kappa shape index (κ2) is 4.75. The zero-order valence-electron chi connectivity index (χ0n) is 7.38. The van der Waals surface area contributed by atoms with Gasteiger partial charge in [0.2, 0.25) is 0 Å². The molecule has 0 aromatic heterocycles. The highest BCUT2D eigenvalue weighted by Crippen LogP contribution is 2.14. The molecule has 0 spiro atoms. The molecule has 0 heterocycles. The zero-order chi connectivity index (χ0) is 8.81. The first-order chi connectivity index (χ1) is 5.83. The van der Waals surface area contributed by atoms with Gasteiger partial charge < -0.3 is 4.74 Å². The molecule has 0 radical (unpaired) electrons. The third kappa shape index (κ3) is 2.91. The molecule has 12 heavy (non-hydrogen) atoms. The topological polar surface area (TPSA) is 26.3 Å². The summed E-state index contributed by atoms with van der Waals surface area (Å²) in [5.41, 5.74) is 1.25. The third-order valence-electron chi connectivity index (χ3n) is 1.77. The van der Waals surface area contributed by atoms with Gasteiger partial charge in [-0.1, -0.05) is 23.8 Å². The van der Waals surface area contributed by atoms with Crippen LogP contribution in [-0.4, -0.2) is 12.6 Å². The minimum absolute atomic E-state index is 0.0984. The molecule has 1 aliphatic carbocycles. The van der Waals surface area contributed by atoms with E-state index in [1.807, 2.05) is 6.92 Å². The molecule has 0 aromatic carbocycles. The summed E-state index contributed by atoms with van der Waals surface area (Å²) in [5, 5.41) is 0. The summed E-state index contributed by atoms with van der Waals surface area (Å²) in [6, 6.07) is 0. The fraction of sp³-hybridized carbons (Fsp3) is 0.500. The lowest BCUT2D eigenvalue weighted by Crippen LogP contribution is -2.03. The van der Waals surface area contributed by atoms with Gasteiger partial charge in [0.05, 0.1) is 6.61 Å². The fourth-order valence-corrected chi connectivity index (χ4v) is 1.17. The zero-order valence-corrected chi connectivity index (χ0v) is 7.38. The molecule has 1 rings (SSSR count). The van der Waals surface area contributed by atoms with Gasteiger partial charge in [0.25, 0.3) is 0 Å². The maximum absolute atomic E-state index is 10.9. The first kappa shape index (κ1) is 9.04. The monoisotopic (exact) mass is 166 g/mol. The van der Waals surface area contributed by atoms with Crippen LogP contribution in [0.15, 0.2) is 23.8 Å². The van der Waals surface area contributed by atoms with E-state index in [2.05, 4.69) is 18.2 Å². The predicted octanol–water partition coefficient (Wildman–Crippen LogP) is 2.22. The maximum Gasteiger partial charge on any atom is 0.306 e. The van der Waals surface area contributed by atoms with Crippen molar-refractivity contribution >= 4 is 5.97 Å². The molecule has 0 saturated carbocycles. The van der Waals surface area contributed by atoms with Crippen LogP contribution in [0.3, 0.4) is 0 Å². The van der Waals surface area contributed by atoms with E-state index in [9.17, 15) is 4.79 Å². The molecule has 0 aliphatic heterocycles. The van der Waals surface area contributed by atoms with Crippen molar-refractivity contribution in [1.29, 1.82) is 0 Å². The van der Waals surface area contributed by atoms with Crippen LogP contribution in [-0.2, 0) is 9.53 Å². The fourth-order valence-electron chi connectivity index (χ4n) is 1.17. The van der Waals surface area contributed by atoms with Crippen molar-refractivity contribution in [3.05, 3.63) is 23.8 Å². The van der Waals surface area contributed by atoms with Crippen molar-refractivity contribution in [3.63, 3.8) is 0 Å². The molecule has 0 unspecified atom stereocenters. The lowest BCUT2D eigenvalue weighted by Gasteiger charge is -2.00. The Labute approximate surface area is 72.9 Å². The minimum Gasteiger partial charge on any atom is -0.466 e. The molecule has 1 aliphatic rings. The standard InChI is InChI=1S/C10H14O2/c1-2-12-10(11)8-7-9-5-3-4-6-9/h3,5-6H,2,4,7-8H2,1H3. The summed E-state index contributed by atoms with van der Waals surface area (Å²) in [6.07, 6.45) is 8.64. The Balaban J connectivity index is 2.16. The molecular formula is C10H14O2. The Bertz CT molecular complexity index is 214. The van der Waals surface area contributed by atoms with E-state index in [4.69, 9.17) is 4.74 Å². The number of ether oxygens (including phenoxy) is 1. The van der Waals surface area contributed by atoms with Crippen molar-refractivity contribution in [2.24, 2.45) is 0 Å². The van der Waals surface area contributed by atoms with Gasteiger partial charge in [0, 0.05) is 6.42 Å². The average molecular weight is 166 g/mol. The van der Waals surface area contributed by atoms with Crippen molar-refractivity contribution in [2.75, 3.05) is 6.61 Å². The third-order valence-corrected chi connectivity index (χ3v) is 1.77. The second-order valence-electron chi connectivity index (χ2n) is 2.72. The second-order valence-corrected chi connectivity index (χ2v) is 2.72. The molecule has 0 amide bonds. The number of carbonyl (C=O) groups excluding carboxylic acids is 1. The number of rotatable bonds is 4. The largest absolute Gasteiger partial charge is 0.466 e. The van der Waals surface area contributed by atoms with Gasteiger partial charge in [-0.25, -0.2) is 0 Å². The van der Waals surface area contributed by atoms with Crippen molar-refractivity contribution in [1.82, 2.24) is 0 Å². The van der Waals surface area contributed by atoms with Crippen LogP contribution in [0.5, 0.6) is 0 Å². The number of hydrogen-bond donors (Lipinski definition) is 0. The lowest BCUT2D eigenvalue weighted by atomic mass is 10.1. The van der Waals surface area contributed by atoms with E-state index >= 15 is 0 Å². The van der Waals surface area contributed by atoms with Gasteiger partial charge in [0.1, 0.15) is 0 Å². The molecular weight excluding hydrogens is 152 g/mol. The highest BCUT2D eigenvalue weighted by molar-refractivity contribution is 5.69.